The summed E-state index contributed by atoms with van der Waals surface area (Å²) in [6, 6.07) is 1.26. The van der Waals surface area contributed by atoms with Crippen molar-refractivity contribution in [1.29, 1.82) is 0 Å². The van der Waals surface area contributed by atoms with Crippen LogP contribution in [-0.2, 0) is 4.79 Å². The van der Waals surface area contributed by atoms with Crippen molar-refractivity contribution in [2.24, 2.45) is 0 Å². The summed E-state index contributed by atoms with van der Waals surface area (Å²) in [5.41, 5.74) is 0.752. The summed E-state index contributed by atoms with van der Waals surface area (Å²) in [6.45, 7) is 3.79. The molecule has 18 heavy (non-hydrogen) atoms. The van der Waals surface area contributed by atoms with Gasteiger partial charge in [-0.25, -0.2) is 4.98 Å². The molecule has 0 aliphatic carbocycles. The van der Waals surface area contributed by atoms with Crippen LogP contribution in [0.1, 0.15) is 25.3 Å². The maximum absolute atomic E-state index is 12.1. The Morgan fingerprint density at radius 2 is 2.06 bits per heavy atom. The molecule has 0 aliphatic heterocycles. The number of pyridine rings is 1. The number of aromatic nitrogens is 1. The average Bonchev–Trinajstić information content (AvgIpc) is 2.27. The number of anilines is 1. The molecule has 1 rings (SSSR count). The van der Waals surface area contributed by atoms with Gasteiger partial charge in [-0.3, -0.25) is 4.79 Å². The van der Waals surface area contributed by atoms with Gasteiger partial charge >= 0.3 is 12.1 Å². The van der Waals surface area contributed by atoms with Crippen molar-refractivity contribution in [2.45, 2.75) is 25.9 Å². The highest BCUT2D eigenvalue weighted by molar-refractivity contribution is 5.94. The number of alkyl halides is 3. The van der Waals surface area contributed by atoms with E-state index in [4.69, 9.17) is 4.74 Å². The number of nitrogens with one attached hydrogen (secondary N) is 1. The van der Waals surface area contributed by atoms with E-state index in [1.807, 2.05) is 13.8 Å². The molecule has 0 atom stereocenters. The van der Waals surface area contributed by atoms with Crippen LogP contribution in [0.4, 0.5) is 19.0 Å². The number of carbonyl (C=O) groups is 1. The van der Waals surface area contributed by atoms with Crippen molar-refractivity contribution < 1.29 is 22.7 Å². The lowest BCUT2D eigenvalue weighted by Gasteiger charge is -2.13. The molecule has 1 heterocycles. The molecule has 1 amide bonds. The van der Waals surface area contributed by atoms with Crippen LogP contribution in [0, 0.1) is 0 Å². The van der Waals surface area contributed by atoms with Crippen LogP contribution in [-0.4, -0.2) is 24.2 Å². The van der Waals surface area contributed by atoms with Crippen molar-refractivity contribution in [3.8, 4) is 5.75 Å². The van der Waals surface area contributed by atoms with E-state index in [2.05, 4.69) is 4.98 Å². The van der Waals surface area contributed by atoms with Gasteiger partial charge in [0, 0.05) is 17.8 Å². The molecule has 0 bridgehead atoms. The molecule has 100 valence electrons. The van der Waals surface area contributed by atoms with Crippen molar-refractivity contribution in [3.05, 3.63) is 17.8 Å². The molecule has 7 heteroatoms. The van der Waals surface area contributed by atoms with Gasteiger partial charge in [0.15, 0.2) is 0 Å². The number of carbonyl (C=O) groups excluding carboxylic acids is 1. The van der Waals surface area contributed by atoms with Gasteiger partial charge in [-0.05, 0) is 5.92 Å². The van der Waals surface area contributed by atoms with Crippen LogP contribution in [0.15, 0.2) is 12.3 Å². The van der Waals surface area contributed by atoms with Crippen molar-refractivity contribution in [1.82, 2.24) is 4.98 Å². The molecule has 1 aromatic rings. The van der Waals surface area contributed by atoms with E-state index in [1.54, 1.807) is 5.32 Å². The summed E-state index contributed by atoms with van der Waals surface area (Å²) in [5, 5.41) is 1.67. The molecular formula is C11H13F3N2O2. The van der Waals surface area contributed by atoms with Gasteiger partial charge in [0.25, 0.3) is 0 Å². The van der Waals surface area contributed by atoms with Gasteiger partial charge < -0.3 is 10.1 Å². The molecule has 0 aliphatic rings. The van der Waals surface area contributed by atoms with Crippen LogP contribution in [0.25, 0.3) is 0 Å². The Labute approximate surface area is 102 Å². The Bertz CT molecular complexity index is 444. The van der Waals surface area contributed by atoms with Gasteiger partial charge in [0.1, 0.15) is 11.6 Å². The topological polar surface area (TPSA) is 51.2 Å². The van der Waals surface area contributed by atoms with Crippen LogP contribution in [0.5, 0.6) is 5.75 Å². The largest absolute Gasteiger partial charge is 0.496 e. The second-order valence-electron chi connectivity index (χ2n) is 3.92. The Kier molecular flexibility index (Phi) is 4.15. The van der Waals surface area contributed by atoms with Gasteiger partial charge in [-0.2, -0.15) is 13.2 Å². The fourth-order valence-corrected chi connectivity index (χ4v) is 1.31. The summed E-state index contributed by atoms with van der Waals surface area (Å²) in [4.78, 5) is 14.5. The van der Waals surface area contributed by atoms with E-state index >= 15 is 0 Å². The molecule has 1 aromatic heterocycles. The van der Waals surface area contributed by atoms with E-state index in [0.717, 1.165) is 5.56 Å². The van der Waals surface area contributed by atoms with Crippen LogP contribution in [0.3, 0.4) is 0 Å². The second-order valence-corrected chi connectivity index (χ2v) is 3.92. The minimum atomic E-state index is -4.94. The summed E-state index contributed by atoms with van der Waals surface area (Å²) < 4.78 is 41.2. The number of nitrogens with zero attached hydrogens (tertiary/aromatic N) is 1. The summed E-state index contributed by atoms with van der Waals surface area (Å²) in [5.74, 6) is -1.76. The Hall–Kier alpha value is -1.79. The van der Waals surface area contributed by atoms with Gasteiger partial charge in [0.05, 0.1) is 7.11 Å². The minimum absolute atomic E-state index is 0.111. The van der Waals surface area contributed by atoms with Gasteiger partial charge in [-0.15, -0.1) is 0 Å². The van der Waals surface area contributed by atoms with Crippen LogP contribution >= 0.6 is 0 Å². The molecule has 0 saturated heterocycles. The molecule has 4 nitrogen and oxygen atoms in total. The smallest absolute Gasteiger partial charge is 0.471 e. The maximum Gasteiger partial charge on any atom is 0.471 e. The van der Waals surface area contributed by atoms with Crippen molar-refractivity contribution in [2.75, 3.05) is 12.4 Å². The van der Waals surface area contributed by atoms with E-state index in [1.165, 1.54) is 19.4 Å². The number of hydrogen-bond acceptors (Lipinski definition) is 3. The summed E-state index contributed by atoms with van der Waals surface area (Å²) >= 11 is 0. The first-order valence-corrected chi connectivity index (χ1v) is 5.17. The number of methoxy groups -OCH3 is 1. The zero-order valence-corrected chi connectivity index (χ0v) is 10.1. The first kappa shape index (κ1) is 14.3. The number of amides is 1. The first-order valence-electron chi connectivity index (χ1n) is 5.17. The van der Waals surface area contributed by atoms with Crippen LogP contribution in [0.2, 0.25) is 0 Å². The second kappa shape index (κ2) is 5.24. The normalized spacial score (nSPS) is 11.5. The standard InChI is InChI=1S/C11H13F3N2O2/c1-6(2)7-5-15-9(4-8(7)18-3)16-10(17)11(12,13)14/h4-6H,1-3H3,(H,15,16,17). The molecule has 1 N–H and O–H groups in total. The molecule has 0 saturated carbocycles. The number of halogens is 3. The molecule has 0 radical (unpaired) electrons. The highest BCUT2D eigenvalue weighted by Gasteiger charge is 2.39. The fraction of sp³-hybridized carbons (Fsp3) is 0.455. The highest BCUT2D eigenvalue weighted by Crippen LogP contribution is 2.28. The molecule has 0 fully saturated rings. The third kappa shape index (κ3) is 3.35. The SMILES string of the molecule is COc1cc(NC(=O)C(F)(F)F)ncc1C(C)C. The zero-order chi connectivity index (χ0) is 13.9. The predicted molar refractivity (Wildman–Crippen MR) is 59.6 cm³/mol. The van der Waals surface area contributed by atoms with E-state index in [-0.39, 0.29) is 11.7 Å². The van der Waals surface area contributed by atoms with Gasteiger partial charge in [0.2, 0.25) is 0 Å². The summed E-state index contributed by atoms with van der Waals surface area (Å²) in [7, 11) is 1.40. The van der Waals surface area contributed by atoms with E-state index < -0.39 is 12.1 Å². The number of ether oxygens (including phenoxy) is 1. The van der Waals surface area contributed by atoms with Crippen molar-refractivity contribution in [3.63, 3.8) is 0 Å². The predicted octanol–water partition coefficient (Wildman–Crippen LogP) is 2.71. The van der Waals surface area contributed by atoms with Crippen molar-refractivity contribution >= 4 is 11.7 Å². The summed E-state index contributed by atoms with van der Waals surface area (Å²) in [6.07, 6.45) is -3.55. The molecule has 0 unspecified atom stereocenters. The van der Waals surface area contributed by atoms with E-state index in [9.17, 15) is 18.0 Å². The zero-order valence-electron chi connectivity index (χ0n) is 10.1. The first-order chi connectivity index (χ1) is 8.25. The monoisotopic (exact) mass is 262 g/mol. The maximum atomic E-state index is 12.1. The van der Waals surface area contributed by atoms with E-state index in [0.29, 0.717) is 5.75 Å². The quantitative estimate of drug-likeness (QED) is 0.911. The van der Waals surface area contributed by atoms with Crippen LogP contribution < -0.4 is 10.1 Å². The minimum Gasteiger partial charge on any atom is -0.496 e. The Morgan fingerprint density at radius 3 is 2.50 bits per heavy atom. The number of rotatable bonds is 3. The molecule has 0 spiro atoms. The molecular weight excluding hydrogens is 249 g/mol. The Balaban J connectivity index is 2.96. The number of hydrogen-bond donors (Lipinski definition) is 1. The lowest BCUT2D eigenvalue weighted by Crippen LogP contribution is -2.30. The third-order valence-corrected chi connectivity index (χ3v) is 2.24. The molecule has 0 aromatic carbocycles. The lowest BCUT2D eigenvalue weighted by molar-refractivity contribution is -0.167. The average molecular weight is 262 g/mol. The van der Waals surface area contributed by atoms with Gasteiger partial charge in [-0.1, -0.05) is 13.8 Å². The Morgan fingerprint density at radius 1 is 1.44 bits per heavy atom. The fourth-order valence-electron chi connectivity index (χ4n) is 1.31. The third-order valence-electron chi connectivity index (χ3n) is 2.24. The lowest BCUT2D eigenvalue weighted by atomic mass is 10.0. The highest BCUT2D eigenvalue weighted by atomic mass is 19.4.